The standard InChI is InChI=1S/C14H21NO2/c1-11(8-9-16)15-13-6-4-10-17-14-7-3-2-5-12(13)14/h2-3,5,7,11,13,15-16H,4,6,8-10H2,1H3. The second-order valence-electron chi connectivity index (χ2n) is 4.66. The van der Waals surface area contributed by atoms with E-state index in [0.717, 1.165) is 31.6 Å². The summed E-state index contributed by atoms with van der Waals surface area (Å²) in [4.78, 5) is 0. The first-order valence-electron chi connectivity index (χ1n) is 6.40. The Hall–Kier alpha value is -1.06. The molecule has 0 fully saturated rings. The van der Waals surface area contributed by atoms with Gasteiger partial charge in [-0.3, -0.25) is 0 Å². The molecule has 3 heteroatoms. The Morgan fingerprint density at radius 1 is 1.47 bits per heavy atom. The van der Waals surface area contributed by atoms with Crippen molar-refractivity contribution in [2.75, 3.05) is 13.2 Å². The van der Waals surface area contributed by atoms with E-state index in [1.807, 2.05) is 12.1 Å². The molecule has 0 spiro atoms. The molecular weight excluding hydrogens is 214 g/mol. The molecule has 1 aromatic rings. The minimum Gasteiger partial charge on any atom is -0.493 e. The van der Waals surface area contributed by atoms with Gasteiger partial charge < -0.3 is 15.2 Å². The molecule has 2 atom stereocenters. The number of aliphatic hydroxyl groups excluding tert-OH is 1. The molecule has 17 heavy (non-hydrogen) atoms. The summed E-state index contributed by atoms with van der Waals surface area (Å²) in [6, 6.07) is 8.90. The predicted molar refractivity (Wildman–Crippen MR) is 68.2 cm³/mol. The van der Waals surface area contributed by atoms with Crippen LogP contribution in [0.5, 0.6) is 5.75 Å². The largest absolute Gasteiger partial charge is 0.493 e. The van der Waals surface area contributed by atoms with E-state index in [1.165, 1.54) is 5.56 Å². The van der Waals surface area contributed by atoms with E-state index >= 15 is 0 Å². The molecule has 0 saturated carbocycles. The molecule has 2 unspecified atom stereocenters. The van der Waals surface area contributed by atoms with Gasteiger partial charge in [0.1, 0.15) is 5.75 Å². The van der Waals surface area contributed by atoms with Gasteiger partial charge in [0.25, 0.3) is 0 Å². The number of hydrogen-bond acceptors (Lipinski definition) is 3. The molecule has 1 aliphatic heterocycles. The van der Waals surface area contributed by atoms with Crippen LogP contribution >= 0.6 is 0 Å². The SMILES string of the molecule is CC(CCO)NC1CCCOc2ccccc21. The molecule has 0 aromatic heterocycles. The maximum Gasteiger partial charge on any atom is 0.124 e. The lowest BCUT2D eigenvalue weighted by Crippen LogP contribution is -2.31. The molecule has 1 aromatic carbocycles. The van der Waals surface area contributed by atoms with Crippen molar-refractivity contribution in [3.63, 3.8) is 0 Å². The number of hydrogen-bond donors (Lipinski definition) is 2. The van der Waals surface area contributed by atoms with Gasteiger partial charge in [-0.15, -0.1) is 0 Å². The lowest BCUT2D eigenvalue weighted by Gasteiger charge is -2.22. The molecule has 2 rings (SSSR count). The van der Waals surface area contributed by atoms with Gasteiger partial charge >= 0.3 is 0 Å². The zero-order valence-corrected chi connectivity index (χ0v) is 10.4. The van der Waals surface area contributed by atoms with E-state index in [4.69, 9.17) is 9.84 Å². The van der Waals surface area contributed by atoms with E-state index in [-0.39, 0.29) is 6.61 Å². The lowest BCUT2D eigenvalue weighted by molar-refractivity contribution is 0.261. The van der Waals surface area contributed by atoms with Crippen LogP contribution in [0.4, 0.5) is 0 Å². The van der Waals surface area contributed by atoms with E-state index < -0.39 is 0 Å². The van der Waals surface area contributed by atoms with Gasteiger partial charge in [0, 0.05) is 24.3 Å². The monoisotopic (exact) mass is 235 g/mol. The zero-order valence-electron chi connectivity index (χ0n) is 10.4. The Kier molecular flexibility index (Phi) is 4.40. The summed E-state index contributed by atoms with van der Waals surface area (Å²) in [5, 5.41) is 12.5. The zero-order chi connectivity index (χ0) is 12.1. The molecule has 0 radical (unpaired) electrons. The normalized spacial score (nSPS) is 21.2. The number of nitrogens with one attached hydrogen (secondary N) is 1. The van der Waals surface area contributed by atoms with Crippen LogP contribution in [-0.2, 0) is 0 Å². The van der Waals surface area contributed by atoms with Crippen molar-refractivity contribution in [2.24, 2.45) is 0 Å². The highest BCUT2D eigenvalue weighted by molar-refractivity contribution is 5.36. The first kappa shape index (κ1) is 12.4. The van der Waals surface area contributed by atoms with Crippen molar-refractivity contribution >= 4 is 0 Å². The van der Waals surface area contributed by atoms with Crippen molar-refractivity contribution in [3.05, 3.63) is 29.8 Å². The lowest BCUT2D eigenvalue weighted by atomic mass is 10.0. The summed E-state index contributed by atoms with van der Waals surface area (Å²) < 4.78 is 5.73. The number of rotatable bonds is 4. The smallest absolute Gasteiger partial charge is 0.124 e. The summed E-state index contributed by atoms with van der Waals surface area (Å²) in [6.07, 6.45) is 2.95. The molecular formula is C14H21NO2. The third kappa shape index (κ3) is 3.20. The molecule has 0 saturated heterocycles. The fourth-order valence-electron chi connectivity index (χ4n) is 2.32. The molecule has 0 aliphatic carbocycles. The molecule has 94 valence electrons. The molecule has 0 bridgehead atoms. The summed E-state index contributed by atoms with van der Waals surface area (Å²) in [7, 11) is 0. The van der Waals surface area contributed by atoms with Crippen LogP contribution in [0.25, 0.3) is 0 Å². The van der Waals surface area contributed by atoms with Crippen molar-refractivity contribution in [1.29, 1.82) is 0 Å². The summed E-state index contributed by atoms with van der Waals surface area (Å²) in [5.74, 6) is 0.999. The average molecular weight is 235 g/mol. The number of ether oxygens (including phenoxy) is 1. The van der Waals surface area contributed by atoms with Crippen LogP contribution in [0.1, 0.15) is 37.8 Å². The van der Waals surface area contributed by atoms with Gasteiger partial charge in [0.05, 0.1) is 6.61 Å². The van der Waals surface area contributed by atoms with Crippen molar-refractivity contribution in [2.45, 2.75) is 38.3 Å². The number of para-hydroxylation sites is 1. The summed E-state index contributed by atoms with van der Waals surface area (Å²) >= 11 is 0. The fraction of sp³-hybridized carbons (Fsp3) is 0.571. The minimum atomic E-state index is 0.235. The molecule has 2 N–H and O–H groups in total. The van der Waals surface area contributed by atoms with E-state index in [0.29, 0.717) is 12.1 Å². The van der Waals surface area contributed by atoms with Crippen molar-refractivity contribution in [3.8, 4) is 5.75 Å². The Morgan fingerprint density at radius 2 is 2.29 bits per heavy atom. The highest BCUT2D eigenvalue weighted by Gasteiger charge is 2.20. The van der Waals surface area contributed by atoms with Crippen LogP contribution in [0.2, 0.25) is 0 Å². The summed E-state index contributed by atoms with van der Waals surface area (Å²) in [6.45, 7) is 3.15. The van der Waals surface area contributed by atoms with E-state index in [2.05, 4.69) is 24.4 Å². The van der Waals surface area contributed by atoms with Crippen LogP contribution < -0.4 is 10.1 Å². The number of aliphatic hydroxyl groups is 1. The van der Waals surface area contributed by atoms with Gasteiger partial charge in [-0.25, -0.2) is 0 Å². The maximum atomic E-state index is 8.95. The summed E-state index contributed by atoms with van der Waals surface area (Å²) in [5.41, 5.74) is 1.25. The molecule has 1 heterocycles. The van der Waals surface area contributed by atoms with Gasteiger partial charge in [-0.05, 0) is 32.3 Å². The quantitative estimate of drug-likeness (QED) is 0.841. The second kappa shape index (κ2) is 6.03. The topological polar surface area (TPSA) is 41.5 Å². The maximum absolute atomic E-state index is 8.95. The minimum absolute atomic E-state index is 0.235. The van der Waals surface area contributed by atoms with E-state index in [9.17, 15) is 0 Å². The third-order valence-electron chi connectivity index (χ3n) is 3.24. The predicted octanol–water partition coefficient (Wildman–Crippen LogP) is 2.26. The average Bonchev–Trinajstić information content (AvgIpc) is 2.53. The van der Waals surface area contributed by atoms with Crippen LogP contribution in [0.15, 0.2) is 24.3 Å². The Labute approximate surface area is 103 Å². The van der Waals surface area contributed by atoms with Crippen LogP contribution in [0, 0.1) is 0 Å². The first-order chi connectivity index (χ1) is 8.31. The molecule has 1 aliphatic rings. The van der Waals surface area contributed by atoms with Gasteiger partial charge in [0.2, 0.25) is 0 Å². The highest BCUT2D eigenvalue weighted by atomic mass is 16.5. The fourth-order valence-corrected chi connectivity index (χ4v) is 2.32. The Bertz CT molecular complexity index is 354. The molecule has 3 nitrogen and oxygen atoms in total. The van der Waals surface area contributed by atoms with Crippen molar-refractivity contribution in [1.82, 2.24) is 5.32 Å². The Balaban J connectivity index is 2.11. The third-order valence-corrected chi connectivity index (χ3v) is 3.24. The number of fused-ring (bicyclic) bond motifs is 1. The second-order valence-corrected chi connectivity index (χ2v) is 4.66. The van der Waals surface area contributed by atoms with Crippen LogP contribution in [-0.4, -0.2) is 24.4 Å². The van der Waals surface area contributed by atoms with Gasteiger partial charge in [-0.2, -0.15) is 0 Å². The van der Waals surface area contributed by atoms with Gasteiger partial charge in [0.15, 0.2) is 0 Å². The molecule has 0 amide bonds. The van der Waals surface area contributed by atoms with Gasteiger partial charge in [-0.1, -0.05) is 18.2 Å². The Morgan fingerprint density at radius 3 is 3.12 bits per heavy atom. The number of benzene rings is 1. The first-order valence-corrected chi connectivity index (χ1v) is 6.40. The highest BCUT2D eigenvalue weighted by Crippen LogP contribution is 2.31. The van der Waals surface area contributed by atoms with E-state index in [1.54, 1.807) is 0 Å². The van der Waals surface area contributed by atoms with Crippen molar-refractivity contribution < 1.29 is 9.84 Å². The van der Waals surface area contributed by atoms with Crippen LogP contribution in [0.3, 0.4) is 0 Å².